The van der Waals surface area contributed by atoms with Crippen molar-refractivity contribution < 1.29 is 38.1 Å². The maximum Gasteiger partial charge on any atom is 0.354 e. The molecular weight excluding hydrogens is 470 g/mol. The fourth-order valence-electron chi connectivity index (χ4n) is 3.71. The number of benzene rings is 2. The summed E-state index contributed by atoms with van der Waals surface area (Å²) in [5.41, 5.74) is 3.64. The number of nitrogens with one attached hydrogen (secondary N) is 1. The van der Waals surface area contributed by atoms with E-state index >= 15 is 0 Å². The first-order valence-corrected chi connectivity index (χ1v) is 11.2. The van der Waals surface area contributed by atoms with Gasteiger partial charge in [-0.15, -0.1) is 0 Å². The van der Waals surface area contributed by atoms with Gasteiger partial charge in [-0.2, -0.15) is 5.10 Å². The summed E-state index contributed by atoms with van der Waals surface area (Å²) in [6.07, 6.45) is 0.336. The predicted molar refractivity (Wildman–Crippen MR) is 130 cm³/mol. The van der Waals surface area contributed by atoms with Gasteiger partial charge in [-0.25, -0.2) is 9.59 Å². The number of hydrogen-bond donors (Lipinski definition) is 1. The molecule has 11 heteroatoms. The first-order chi connectivity index (χ1) is 17.4. The van der Waals surface area contributed by atoms with E-state index in [0.717, 1.165) is 4.90 Å². The number of fused-ring (bicyclic) bond motifs is 1. The van der Waals surface area contributed by atoms with Crippen LogP contribution in [0.4, 0.5) is 5.69 Å². The molecule has 0 fully saturated rings. The molecule has 1 N–H and O–H groups in total. The Morgan fingerprint density at radius 2 is 1.64 bits per heavy atom. The number of nitrogens with zero attached hydrogens (tertiary/aromatic N) is 2. The minimum Gasteiger partial charge on any atom is -0.493 e. The minimum absolute atomic E-state index is 0.00542. The van der Waals surface area contributed by atoms with Crippen LogP contribution >= 0.6 is 0 Å². The van der Waals surface area contributed by atoms with Crippen LogP contribution in [-0.4, -0.2) is 68.8 Å². The van der Waals surface area contributed by atoms with Crippen LogP contribution in [0.1, 0.15) is 50.8 Å². The van der Waals surface area contributed by atoms with Crippen LogP contribution in [0.3, 0.4) is 0 Å². The molecule has 0 radical (unpaired) electrons. The lowest BCUT2D eigenvalue weighted by molar-refractivity contribution is -0.135. The molecule has 0 aliphatic carbocycles. The number of imide groups is 1. The van der Waals surface area contributed by atoms with E-state index in [-0.39, 0.29) is 60.5 Å². The third kappa shape index (κ3) is 5.29. The van der Waals surface area contributed by atoms with Crippen LogP contribution in [0, 0.1) is 0 Å². The van der Waals surface area contributed by atoms with E-state index in [2.05, 4.69) is 10.5 Å². The zero-order valence-corrected chi connectivity index (χ0v) is 20.5. The number of hydrogen-bond acceptors (Lipinski definition) is 10. The van der Waals surface area contributed by atoms with E-state index in [4.69, 9.17) is 18.9 Å². The molecular formula is C25H27N3O8. The van der Waals surface area contributed by atoms with Gasteiger partial charge >= 0.3 is 11.9 Å². The number of carbonyl (C=O) groups is 4. The van der Waals surface area contributed by atoms with Crippen molar-refractivity contribution in [2.24, 2.45) is 5.10 Å². The summed E-state index contributed by atoms with van der Waals surface area (Å²) in [5, 5.41) is 4.18. The molecule has 190 valence electrons. The highest BCUT2D eigenvalue weighted by Gasteiger charge is 2.34. The smallest absolute Gasteiger partial charge is 0.354 e. The second kappa shape index (κ2) is 11.8. The number of amides is 2. The summed E-state index contributed by atoms with van der Waals surface area (Å²) in [6.45, 7) is 1.86. The van der Waals surface area contributed by atoms with Gasteiger partial charge in [-0.3, -0.25) is 19.9 Å². The Balaban J connectivity index is 1.82. The van der Waals surface area contributed by atoms with Gasteiger partial charge in [0.05, 0.1) is 44.6 Å². The van der Waals surface area contributed by atoms with Crippen LogP contribution < -0.4 is 14.9 Å². The summed E-state index contributed by atoms with van der Waals surface area (Å²) < 4.78 is 20.6. The predicted octanol–water partition coefficient (Wildman–Crippen LogP) is 2.90. The highest BCUT2D eigenvalue weighted by Crippen LogP contribution is 2.38. The van der Waals surface area contributed by atoms with Crippen molar-refractivity contribution in [1.29, 1.82) is 0 Å². The van der Waals surface area contributed by atoms with Gasteiger partial charge in [-0.05, 0) is 37.6 Å². The number of ether oxygens (including phenoxy) is 4. The van der Waals surface area contributed by atoms with E-state index in [1.807, 2.05) is 0 Å². The Kier molecular flexibility index (Phi) is 8.61. The Hall–Kier alpha value is -4.41. The van der Waals surface area contributed by atoms with Crippen molar-refractivity contribution in [3.63, 3.8) is 0 Å². The molecule has 2 aromatic rings. The molecule has 0 saturated heterocycles. The van der Waals surface area contributed by atoms with Crippen molar-refractivity contribution in [3.8, 4) is 11.5 Å². The van der Waals surface area contributed by atoms with Gasteiger partial charge in [0.2, 0.25) is 0 Å². The van der Waals surface area contributed by atoms with Gasteiger partial charge in [0.15, 0.2) is 11.5 Å². The number of carbonyl (C=O) groups excluding carboxylic acids is 4. The second-order valence-electron chi connectivity index (χ2n) is 7.52. The fourth-order valence-corrected chi connectivity index (χ4v) is 3.71. The summed E-state index contributed by atoms with van der Waals surface area (Å²) in [4.78, 5) is 51.2. The van der Waals surface area contributed by atoms with Gasteiger partial charge in [0, 0.05) is 13.0 Å². The van der Waals surface area contributed by atoms with Gasteiger partial charge in [0.25, 0.3) is 11.8 Å². The van der Waals surface area contributed by atoms with E-state index < -0.39 is 11.9 Å². The molecule has 0 saturated carbocycles. The molecule has 1 aliphatic heterocycles. The molecule has 0 spiro atoms. The van der Waals surface area contributed by atoms with Crippen molar-refractivity contribution >= 4 is 35.2 Å². The minimum atomic E-state index is -0.686. The lowest BCUT2D eigenvalue weighted by Crippen LogP contribution is -2.31. The monoisotopic (exact) mass is 497 g/mol. The normalized spacial score (nSPS) is 12.8. The van der Waals surface area contributed by atoms with Crippen LogP contribution in [0.5, 0.6) is 11.5 Å². The van der Waals surface area contributed by atoms with Crippen molar-refractivity contribution in [2.75, 3.05) is 39.9 Å². The van der Waals surface area contributed by atoms with Crippen molar-refractivity contribution in [1.82, 2.24) is 4.90 Å². The average Bonchev–Trinajstić information content (AvgIpc) is 3.14. The zero-order valence-electron chi connectivity index (χ0n) is 20.5. The molecule has 1 aliphatic rings. The number of anilines is 1. The van der Waals surface area contributed by atoms with Crippen LogP contribution in [0.25, 0.3) is 0 Å². The van der Waals surface area contributed by atoms with Crippen LogP contribution in [0.2, 0.25) is 0 Å². The van der Waals surface area contributed by atoms with Gasteiger partial charge < -0.3 is 18.9 Å². The van der Waals surface area contributed by atoms with E-state index in [1.165, 1.54) is 33.5 Å². The van der Waals surface area contributed by atoms with Gasteiger partial charge in [-0.1, -0.05) is 12.1 Å². The second-order valence-corrected chi connectivity index (χ2v) is 7.52. The number of methoxy groups -OCH3 is 3. The molecule has 0 aromatic heterocycles. The van der Waals surface area contributed by atoms with Crippen molar-refractivity contribution in [3.05, 3.63) is 53.1 Å². The standard InChI is InChI=1S/C25H27N3O8/c1-5-36-25(32)18(11-8-14-28-22(29)15-9-6-7-10-16(15)23(28)30)26-27-20-17(24(31)35-4)12-13-19(33-2)21(20)34-3/h6-7,9-10,12-13,27H,5,8,11,14H2,1-4H3. The SMILES string of the molecule is CCOC(=O)C(CCCN1C(=O)c2ccccc2C1=O)=NNc1c(C(=O)OC)ccc(OC)c1OC. The quantitative estimate of drug-likeness (QED) is 0.215. The number of rotatable bonds is 11. The largest absolute Gasteiger partial charge is 0.493 e. The van der Waals surface area contributed by atoms with Gasteiger partial charge in [0.1, 0.15) is 11.4 Å². The highest BCUT2D eigenvalue weighted by molar-refractivity contribution is 6.36. The third-order valence-electron chi connectivity index (χ3n) is 5.44. The molecule has 0 bridgehead atoms. The molecule has 2 amide bonds. The summed E-state index contributed by atoms with van der Waals surface area (Å²) in [5.74, 6) is -1.60. The summed E-state index contributed by atoms with van der Waals surface area (Å²) in [7, 11) is 4.06. The lowest BCUT2D eigenvalue weighted by atomic mass is 10.1. The molecule has 0 atom stereocenters. The van der Waals surface area contributed by atoms with E-state index in [0.29, 0.717) is 16.9 Å². The summed E-state index contributed by atoms with van der Waals surface area (Å²) in [6, 6.07) is 9.60. The maximum absolute atomic E-state index is 12.6. The molecule has 2 aromatic carbocycles. The Morgan fingerprint density at radius 3 is 2.19 bits per heavy atom. The molecule has 0 unspecified atom stereocenters. The summed E-state index contributed by atoms with van der Waals surface area (Å²) >= 11 is 0. The van der Waals surface area contributed by atoms with E-state index in [9.17, 15) is 19.2 Å². The maximum atomic E-state index is 12.6. The lowest BCUT2D eigenvalue weighted by Gasteiger charge is -2.16. The molecule has 36 heavy (non-hydrogen) atoms. The van der Waals surface area contributed by atoms with Crippen LogP contribution in [0.15, 0.2) is 41.5 Å². The van der Waals surface area contributed by atoms with Crippen molar-refractivity contribution in [2.45, 2.75) is 19.8 Å². The Labute approximate surface area is 208 Å². The van der Waals surface area contributed by atoms with Crippen LogP contribution in [-0.2, 0) is 14.3 Å². The fraction of sp³-hybridized carbons (Fsp3) is 0.320. The third-order valence-corrected chi connectivity index (χ3v) is 5.44. The van der Waals surface area contributed by atoms with E-state index in [1.54, 1.807) is 31.2 Å². The highest BCUT2D eigenvalue weighted by atomic mass is 16.5. The number of esters is 2. The Bertz CT molecular complexity index is 1170. The first kappa shape index (κ1) is 26.2. The first-order valence-electron chi connectivity index (χ1n) is 11.2. The zero-order chi connectivity index (χ0) is 26.2. The molecule has 1 heterocycles. The molecule has 11 nitrogen and oxygen atoms in total. The topological polar surface area (TPSA) is 133 Å². The average molecular weight is 498 g/mol. The Morgan fingerprint density at radius 1 is 0.972 bits per heavy atom. The molecule has 3 rings (SSSR count). The number of hydrazone groups is 1.